The maximum absolute atomic E-state index is 12.7. The fourth-order valence-corrected chi connectivity index (χ4v) is 1.80. The van der Waals surface area contributed by atoms with Crippen molar-refractivity contribution in [2.45, 2.75) is 12.5 Å². The second kappa shape index (κ2) is 6.60. The van der Waals surface area contributed by atoms with Crippen LogP contribution >= 0.6 is 0 Å². The third-order valence-electron chi connectivity index (χ3n) is 2.88. The molecule has 0 radical (unpaired) electrons. The van der Waals surface area contributed by atoms with E-state index in [9.17, 15) is 19.1 Å². The molecule has 0 spiro atoms. The van der Waals surface area contributed by atoms with E-state index in [1.165, 1.54) is 6.07 Å². The first-order valence-electron chi connectivity index (χ1n) is 6.25. The molecule has 0 aliphatic heterocycles. The predicted octanol–water partition coefficient (Wildman–Crippen LogP) is 1.65. The summed E-state index contributed by atoms with van der Waals surface area (Å²) in [6.07, 6.45) is 1.22. The summed E-state index contributed by atoms with van der Waals surface area (Å²) in [5, 5.41) is 11.6. The number of benzene rings is 1. The smallest absolute Gasteiger partial charge is 0.326 e. The molecule has 1 amide bonds. The van der Waals surface area contributed by atoms with Gasteiger partial charge in [-0.25, -0.2) is 9.78 Å². The number of carbonyl (C=O) groups excluding carboxylic acids is 1. The number of nitrogens with zero attached hydrogens (tertiary/aromatic N) is 1. The molecule has 108 valence electrons. The fraction of sp³-hybridized carbons (Fsp3) is 0.133. The molecule has 1 atom stereocenters. The lowest BCUT2D eigenvalue weighted by atomic mass is 10.1. The number of aromatic nitrogens is 1. The van der Waals surface area contributed by atoms with Crippen LogP contribution in [0.3, 0.4) is 0 Å². The predicted molar refractivity (Wildman–Crippen MR) is 73.2 cm³/mol. The maximum atomic E-state index is 12.7. The van der Waals surface area contributed by atoms with Gasteiger partial charge < -0.3 is 10.4 Å². The number of hydrogen-bond donors (Lipinski definition) is 2. The van der Waals surface area contributed by atoms with Crippen LogP contribution in [0.4, 0.5) is 4.39 Å². The van der Waals surface area contributed by atoms with Crippen LogP contribution in [-0.4, -0.2) is 28.0 Å². The van der Waals surface area contributed by atoms with E-state index in [2.05, 4.69) is 10.3 Å². The van der Waals surface area contributed by atoms with Gasteiger partial charge in [0, 0.05) is 12.6 Å². The monoisotopic (exact) mass is 288 g/mol. The summed E-state index contributed by atoms with van der Waals surface area (Å²) in [5.41, 5.74) is 0.901. The summed E-state index contributed by atoms with van der Waals surface area (Å²) >= 11 is 0. The van der Waals surface area contributed by atoms with Crippen molar-refractivity contribution >= 4 is 11.9 Å². The van der Waals surface area contributed by atoms with E-state index in [0.717, 1.165) is 17.8 Å². The van der Waals surface area contributed by atoms with E-state index in [-0.39, 0.29) is 12.0 Å². The highest BCUT2D eigenvalue weighted by molar-refractivity contribution is 5.96. The largest absolute Gasteiger partial charge is 0.480 e. The summed E-state index contributed by atoms with van der Waals surface area (Å²) in [4.78, 5) is 26.5. The molecule has 2 rings (SSSR count). The normalized spacial score (nSPS) is 11.7. The van der Waals surface area contributed by atoms with Gasteiger partial charge >= 0.3 is 5.97 Å². The highest BCUT2D eigenvalue weighted by Crippen LogP contribution is 2.05. The van der Waals surface area contributed by atoms with Gasteiger partial charge in [0.1, 0.15) is 6.04 Å². The molecule has 2 N–H and O–H groups in total. The van der Waals surface area contributed by atoms with Crippen LogP contribution in [0.5, 0.6) is 0 Å². The van der Waals surface area contributed by atoms with Crippen LogP contribution < -0.4 is 5.32 Å². The van der Waals surface area contributed by atoms with Gasteiger partial charge in [0.15, 0.2) is 0 Å². The first-order valence-corrected chi connectivity index (χ1v) is 6.25. The number of hydrogen-bond acceptors (Lipinski definition) is 3. The molecule has 1 aromatic carbocycles. The number of amides is 1. The van der Waals surface area contributed by atoms with E-state index in [1.54, 1.807) is 24.3 Å². The van der Waals surface area contributed by atoms with Gasteiger partial charge in [-0.05, 0) is 17.7 Å². The lowest BCUT2D eigenvalue weighted by Gasteiger charge is -2.14. The minimum absolute atomic E-state index is 0.107. The van der Waals surface area contributed by atoms with Gasteiger partial charge in [-0.2, -0.15) is 4.39 Å². The molecule has 2 aromatic rings. The standard InChI is InChI=1S/C15H13FN2O3/c16-13-7-6-11(9-17-13)14(19)18-12(15(20)21)8-10-4-2-1-3-5-10/h1-7,9,12H,8H2,(H,18,19)(H,20,21)/t12-/m1/s1. The zero-order valence-corrected chi connectivity index (χ0v) is 11.0. The van der Waals surface area contributed by atoms with Crippen LogP contribution in [0.25, 0.3) is 0 Å². The Hall–Kier alpha value is -2.76. The van der Waals surface area contributed by atoms with E-state index >= 15 is 0 Å². The average Bonchev–Trinajstić information content (AvgIpc) is 2.48. The molecule has 0 saturated heterocycles. The number of carboxylic acids is 1. The van der Waals surface area contributed by atoms with Gasteiger partial charge in [-0.3, -0.25) is 4.79 Å². The first kappa shape index (κ1) is 14.6. The van der Waals surface area contributed by atoms with Crippen molar-refractivity contribution < 1.29 is 19.1 Å². The number of aliphatic carboxylic acids is 1. The van der Waals surface area contributed by atoms with Crippen molar-refractivity contribution in [2.24, 2.45) is 0 Å². The summed E-state index contributed by atoms with van der Waals surface area (Å²) in [6.45, 7) is 0. The van der Waals surface area contributed by atoms with Crippen molar-refractivity contribution in [3.8, 4) is 0 Å². The number of carboxylic acid groups (broad SMARTS) is 1. The summed E-state index contributed by atoms with van der Waals surface area (Å²) in [6, 6.07) is 10.2. The molecule has 1 heterocycles. The van der Waals surface area contributed by atoms with Crippen molar-refractivity contribution in [3.63, 3.8) is 0 Å². The topological polar surface area (TPSA) is 79.3 Å². The zero-order valence-electron chi connectivity index (χ0n) is 11.0. The lowest BCUT2D eigenvalue weighted by Crippen LogP contribution is -2.42. The second-order valence-electron chi connectivity index (χ2n) is 4.42. The minimum atomic E-state index is -1.14. The Morgan fingerprint density at radius 2 is 1.90 bits per heavy atom. The van der Waals surface area contributed by atoms with E-state index < -0.39 is 23.9 Å². The molecule has 5 nitrogen and oxygen atoms in total. The quantitative estimate of drug-likeness (QED) is 0.820. The highest BCUT2D eigenvalue weighted by atomic mass is 19.1. The molecule has 0 unspecified atom stereocenters. The van der Waals surface area contributed by atoms with Crippen LogP contribution in [-0.2, 0) is 11.2 Å². The summed E-state index contributed by atoms with van der Waals surface area (Å²) in [7, 11) is 0. The molecular formula is C15H13FN2O3. The van der Waals surface area contributed by atoms with E-state index in [4.69, 9.17) is 0 Å². The number of rotatable bonds is 5. The third kappa shape index (κ3) is 4.10. The second-order valence-corrected chi connectivity index (χ2v) is 4.42. The lowest BCUT2D eigenvalue weighted by molar-refractivity contribution is -0.139. The Bertz CT molecular complexity index is 629. The minimum Gasteiger partial charge on any atom is -0.480 e. The maximum Gasteiger partial charge on any atom is 0.326 e. The molecule has 0 fully saturated rings. The SMILES string of the molecule is O=C(N[C@H](Cc1ccccc1)C(=O)O)c1ccc(F)nc1. The van der Waals surface area contributed by atoms with Gasteiger partial charge in [-0.15, -0.1) is 0 Å². The average molecular weight is 288 g/mol. The number of halogens is 1. The summed E-state index contributed by atoms with van der Waals surface area (Å²) < 4.78 is 12.7. The number of carbonyl (C=O) groups is 2. The van der Waals surface area contributed by atoms with Crippen LogP contribution in [0.15, 0.2) is 48.7 Å². The molecule has 0 bridgehead atoms. The van der Waals surface area contributed by atoms with E-state index in [0.29, 0.717) is 0 Å². The van der Waals surface area contributed by atoms with Crippen LogP contribution in [0, 0.1) is 5.95 Å². The van der Waals surface area contributed by atoms with Crippen LogP contribution in [0.1, 0.15) is 15.9 Å². The Kier molecular flexibility index (Phi) is 4.61. The first-order chi connectivity index (χ1) is 10.1. The Balaban J connectivity index is 2.07. The van der Waals surface area contributed by atoms with Crippen molar-refractivity contribution in [1.29, 1.82) is 0 Å². The van der Waals surface area contributed by atoms with Gasteiger partial charge in [0.25, 0.3) is 5.91 Å². The van der Waals surface area contributed by atoms with Crippen molar-refractivity contribution in [1.82, 2.24) is 10.3 Å². The van der Waals surface area contributed by atoms with Gasteiger partial charge in [-0.1, -0.05) is 30.3 Å². The summed E-state index contributed by atoms with van der Waals surface area (Å²) in [5.74, 6) is -2.45. The van der Waals surface area contributed by atoms with Gasteiger partial charge in [0.2, 0.25) is 5.95 Å². The molecule has 6 heteroatoms. The van der Waals surface area contributed by atoms with E-state index in [1.807, 2.05) is 6.07 Å². The Labute approximate surface area is 120 Å². The Morgan fingerprint density at radius 1 is 1.19 bits per heavy atom. The van der Waals surface area contributed by atoms with Crippen molar-refractivity contribution in [2.75, 3.05) is 0 Å². The molecule has 21 heavy (non-hydrogen) atoms. The molecule has 1 aromatic heterocycles. The van der Waals surface area contributed by atoms with Crippen LogP contribution in [0.2, 0.25) is 0 Å². The van der Waals surface area contributed by atoms with Gasteiger partial charge in [0.05, 0.1) is 5.56 Å². The Morgan fingerprint density at radius 3 is 2.48 bits per heavy atom. The number of pyridine rings is 1. The fourth-order valence-electron chi connectivity index (χ4n) is 1.80. The highest BCUT2D eigenvalue weighted by Gasteiger charge is 2.21. The zero-order chi connectivity index (χ0) is 15.2. The molecule has 0 aliphatic carbocycles. The molecule has 0 aliphatic rings. The van der Waals surface area contributed by atoms with Crippen molar-refractivity contribution in [3.05, 3.63) is 65.7 Å². The molecular weight excluding hydrogens is 275 g/mol. The number of nitrogens with one attached hydrogen (secondary N) is 1. The molecule has 0 saturated carbocycles. The third-order valence-corrected chi connectivity index (χ3v) is 2.88.